The molecule has 2 rings (SSSR count). The Kier molecular flexibility index (Phi) is 4.96. The Morgan fingerprint density at radius 2 is 1.80 bits per heavy atom. The van der Waals surface area contributed by atoms with Gasteiger partial charge in [0.2, 0.25) is 5.91 Å². The van der Waals surface area contributed by atoms with E-state index in [0.717, 1.165) is 5.56 Å². The van der Waals surface area contributed by atoms with E-state index in [1.165, 1.54) is 6.07 Å². The Morgan fingerprint density at radius 3 is 2.55 bits per heavy atom. The third-order valence-electron chi connectivity index (χ3n) is 2.75. The van der Waals surface area contributed by atoms with Gasteiger partial charge < -0.3 is 10.6 Å². The summed E-state index contributed by atoms with van der Waals surface area (Å²) in [7, 11) is 0. The van der Waals surface area contributed by atoms with Crippen LogP contribution in [0.1, 0.15) is 5.56 Å². The number of para-hydroxylation sites is 1. The first kappa shape index (κ1) is 14.3. The number of carbonyl (C=O) groups is 1. The van der Waals surface area contributed by atoms with Gasteiger partial charge in [-0.2, -0.15) is 0 Å². The van der Waals surface area contributed by atoms with Gasteiger partial charge in [-0.25, -0.2) is 4.39 Å². The molecule has 0 fully saturated rings. The number of hydrogen-bond donors (Lipinski definition) is 2. The van der Waals surface area contributed by atoms with Crippen LogP contribution in [0.15, 0.2) is 48.5 Å². The molecule has 0 aromatic heterocycles. The van der Waals surface area contributed by atoms with Crippen molar-refractivity contribution < 1.29 is 9.18 Å². The molecule has 0 unspecified atom stereocenters. The second-order valence-electron chi connectivity index (χ2n) is 4.20. The molecular weight excluding hydrogens is 279 g/mol. The molecule has 0 bridgehead atoms. The van der Waals surface area contributed by atoms with Crippen LogP contribution in [0.4, 0.5) is 10.1 Å². The largest absolute Gasteiger partial charge is 0.374 e. The summed E-state index contributed by atoms with van der Waals surface area (Å²) in [6, 6.07) is 13.5. The van der Waals surface area contributed by atoms with E-state index >= 15 is 0 Å². The van der Waals surface area contributed by atoms with E-state index in [0.29, 0.717) is 17.3 Å². The smallest absolute Gasteiger partial charge is 0.239 e. The second-order valence-corrected chi connectivity index (χ2v) is 4.61. The van der Waals surface area contributed by atoms with E-state index in [2.05, 4.69) is 10.6 Å². The van der Waals surface area contributed by atoms with E-state index in [-0.39, 0.29) is 18.3 Å². The standard InChI is InChI=1S/C15H14ClFN2O/c16-12-6-2-1-5-11(12)9-19-15(20)10-18-14-8-4-3-7-13(14)17/h1-8,18H,9-10H2,(H,19,20). The van der Waals surface area contributed by atoms with Crippen LogP contribution in [0.3, 0.4) is 0 Å². The topological polar surface area (TPSA) is 41.1 Å². The number of anilines is 1. The SMILES string of the molecule is O=C(CNc1ccccc1F)NCc1ccccc1Cl. The zero-order valence-electron chi connectivity index (χ0n) is 10.7. The molecule has 0 radical (unpaired) electrons. The van der Waals surface area contributed by atoms with Crippen molar-refractivity contribution in [3.05, 3.63) is 64.9 Å². The van der Waals surface area contributed by atoms with Crippen LogP contribution in [-0.2, 0) is 11.3 Å². The van der Waals surface area contributed by atoms with Gasteiger partial charge in [0.05, 0.1) is 12.2 Å². The van der Waals surface area contributed by atoms with Crippen LogP contribution < -0.4 is 10.6 Å². The molecule has 0 heterocycles. The lowest BCUT2D eigenvalue weighted by molar-refractivity contribution is -0.119. The molecule has 0 aliphatic heterocycles. The molecule has 2 N–H and O–H groups in total. The fraction of sp³-hybridized carbons (Fsp3) is 0.133. The average Bonchev–Trinajstić information content (AvgIpc) is 2.45. The molecule has 0 aliphatic rings. The van der Waals surface area contributed by atoms with Gasteiger partial charge in [-0.3, -0.25) is 4.79 Å². The van der Waals surface area contributed by atoms with Crippen LogP contribution in [0.2, 0.25) is 5.02 Å². The molecule has 2 aromatic rings. The highest BCUT2D eigenvalue weighted by atomic mass is 35.5. The van der Waals surface area contributed by atoms with E-state index in [1.54, 1.807) is 24.3 Å². The lowest BCUT2D eigenvalue weighted by Gasteiger charge is -2.09. The molecule has 0 spiro atoms. The Hall–Kier alpha value is -2.07. The van der Waals surface area contributed by atoms with Crippen LogP contribution in [0, 0.1) is 5.82 Å². The number of halogens is 2. The van der Waals surface area contributed by atoms with Gasteiger partial charge in [-0.1, -0.05) is 41.9 Å². The van der Waals surface area contributed by atoms with E-state index in [9.17, 15) is 9.18 Å². The highest BCUT2D eigenvalue weighted by Gasteiger charge is 2.05. The molecule has 0 atom stereocenters. The van der Waals surface area contributed by atoms with Gasteiger partial charge in [0.25, 0.3) is 0 Å². The molecule has 0 saturated heterocycles. The van der Waals surface area contributed by atoms with Gasteiger partial charge in [-0.15, -0.1) is 0 Å². The summed E-state index contributed by atoms with van der Waals surface area (Å²) in [5.41, 5.74) is 1.15. The van der Waals surface area contributed by atoms with Crippen molar-refractivity contribution in [2.45, 2.75) is 6.54 Å². The molecule has 104 valence electrons. The van der Waals surface area contributed by atoms with Crippen molar-refractivity contribution >= 4 is 23.2 Å². The lowest BCUT2D eigenvalue weighted by atomic mass is 10.2. The number of rotatable bonds is 5. The molecular formula is C15H14ClFN2O. The zero-order chi connectivity index (χ0) is 14.4. The van der Waals surface area contributed by atoms with E-state index in [1.807, 2.05) is 18.2 Å². The summed E-state index contributed by atoms with van der Waals surface area (Å²) < 4.78 is 13.3. The van der Waals surface area contributed by atoms with Gasteiger partial charge in [0.1, 0.15) is 5.82 Å². The molecule has 20 heavy (non-hydrogen) atoms. The first-order valence-corrected chi connectivity index (χ1v) is 6.53. The molecule has 1 amide bonds. The number of hydrogen-bond acceptors (Lipinski definition) is 2. The molecule has 3 nitrogen and oxygen atoms in total. The number of benzene rings is 2. The van der Waals surface area contributed by atoms with Crippen molar-refractivity contribution in [3.8, 4) is 0 Å². The summed E-state index contributed by atoms with van der Waals surface area (Å²) in [4.78, 5) is 11.7. The monoisotopic (exact) mass is 292 g/mol. The maximum Gasteiger partial charge on any atom is 0.239 e. The minimum atomic E-state index is -0.383. The first-order valence-electron chi connectivity index (χ1n) is 6.15. The van der Waals surface area contributed by atoms with Crippen molar-refractivity contribution in [3.63, 3.8) is 0 Å². The average molecular weight is 293 g/mol. The minimum absolute atomic E-state index is 0.00534. The Morgan fingerprint density at radius 1 is 1.10 bits per heavy atom. The fourth-order valence-electron chi connectivity index (χ4n) is 1.68. The number of carbonyl (C=O) groups excluding carboxylic acids is 1. The fourth-order valence-corrected chi connectivity index (χ4v) is 1.88. The molecule has 2 aromatic carbocycles. The zero-order valence-corrected chi connectivity index (χ0v) is 11.5. The van der Waals surface area contributed by atoms with Crippen molar-refractivity contribution in [1.82, 2.24) is 5.32 Å². The predicted octanol–water partition coefficient (Wildman–Crippen LogP) is 3.21. The molecule has 0 saturated carbocycles. The quantitative estimate of drug-likeness (QED) is 0.888. The Bertz CT molecular complexity index is 552. The highest BCUT2D eigenvalue weighted by molar-refractivity contribution is 6.31. The summed E-state index contributed by atoms with van der Waals surface area (Å²) >= 11 is 5.98. The predicted molar refractivity (Wildman–Crippen MR) is 78.2 cm³/mol. The second kappa shape index (κ2) is 6.91. The Labute approximate surface area is 121 Å². The van der Waals surface area contributed by atoms with Gasteiger partial charge in [0, 0.05) is 11.6 Å². The summed E-state index contributed by atoms with van der Waals surface area (Å²) in [5.74, 6) is -0.612. The van der Waals surface area contributed by atoms with Crippen LogP contribution >= 0.6 is 11.6 Å². The summed E-state index contributed by atoms with van der Waals surface area (Å²) in [5, 5.41) is 6.07. The lowest BCUT2D eigenvalue weighted by Crippen LogP contribution is -2.29. The van der Waals surface area contributed by atoms with Crippen LogP contribution in [-0.4, -0.2) is 12.5 Å². The maximum absolute atomic E-state index is 13.3. The number of amides is 1. The minimum Gasteiger partial charge on any atom is -0.374 e. The van der Waals surface area contributed by atoms with Crippen molar-refractivity contribution in [1.29, 1.82) is 0 Å². The van der Waals surface area contributed by atoms with Crippen molar-refractivity contribution in [2.75, 3.05) is 11.9 Å². The maximum atomic E-state index is 13.3. The third-order valence-corrected chi connectivity index (χ3v) is 3.12. The van der Waals surface area contributed by atoms with E-state index in [4.69, 9.17) is 11.6 Å². The summed E-state index contributed by atoms with van der Waals surface area (Å²) in [6.07, 6.45) is 0. The van der Waals surface area contributed by atoms with Gasteiger partial charge in [0.15, 0.2) is 0 Å². The normalized spacial score (nSPS) is 10.1. The van der Waals surface area contributed by atoms with Gasteiger partial charge in [-0.05, 0) is 23.8 Å². The van der Waals surface area contributed by atoms with Crippen LogP contribution in [0.5, 0.6) is 0 Å². The third kappa shape index (κ3) is 3.96. The molecule has 0 aliphatic carbocycles. The van der Waals surface area contributed by atoms with Crippen LogP contribution in [0.25, 0.3) is 0 Å². The number of nitrogens with one attached hydrogen (secondary N) is 2. The Balaban J connectivity index is 1.82. The van der Waals surface area contributed by atoms with Crippen molar-refractivity contribution in [2.24, 2.45) is 0 Å². The van der Waals surface area contributed by atoms with Gasteiger partial charge >= 0.3 is 0 Å². The first-order chi connectivity index (χ1) is 9.66. The molecule has 5 heteroatoms. The van der Waals surface area contributed by atoms with E-state index < -0.39 is 0 Å². The summed E-state index contributed by atoms with van der Waals surface area (Å²) in [6.45, 7) is 0.350. The highest BCUT2D eigenvalue weighted by Crippen LogP contribution is 2.14.